The molecule has 2 unspecified atom stereocenters. The first-order valence-electron chi connectivity index (χ1n) is 11.6. The average molecular weight is 435 g/mol. The molecular formula is C26H30N2O4. The van der Waals surface area contributed by atoms with E-state index in [2.05, 4.69) is 12.1 Å². The highest BCUT2D eigenvalue weighted by Crippen LogP contribution is 2.42. The molecule has 0 aliphatic carbocycles. The van der Waals surface area contributed by atoms with E-state index in [1.807, 2.05) is 53.4 Å². The van der Waals surface area contributed by atoms with Crippen molar-refractivity contribution in [1.29, 1.82) is 0 Å². The van der Waals surface area contributed by atoms with E-state index < -0.39 is 5.60 Å². The molecule has 1 spiro atoms. The summed E-state index contributed by atoms with van der Waals surface area (Å²) < 4.78 is 11.8. The molecule has 5 rings (SSSR count). The van der Waals surface area contributed by atoms with E-state index in [-0.39, 0.29) is 24.3 Å². The van der Waals surface area contributed by atoms with Crippen molar-refractivity contribution < 1.29 is 19.1 Å². The third kappa shape index (κ3) is 3.93. The van der Waals surface area contributed by atoms with Crippen molar-refractivity contribution in [3.8, 4) is 0 Å². The molecule has 3 fully saturated rings. The van der Waals surface area contributed by atoms with Crippen molar-refractivity contribution in [1.82, 2.24) is 9.80 Å². The summed E-state index contributed by atoms with van der Waals surface area (Å²) in [5.41, 5.74) is 0.699. The van der Waals surface area contributed by atoms with Crippen LogP contribution < -0.4 is 0 Å². The third-order valence-corrected chi connectivity index (χ3v) is 7.09. The molecule has 32 heavy (non-hydrogen) atoms. The SMILES string of the molecule is O=C(c1ccccc1)N1CCOC2(C1)C(=O)N(CC1CCOCC1)CC2c1ccccc1. The van der Waals surface area contributed by atoms with Crippen molar-refractivity contribution in [3.63, 3.8) is 0 Å². The van der Waals surface area contributed by atoms with Gasteiger partial charge >= 0.3 is 0 Å². The summed E-state index contributed by atoms with van der Waals surface area (Å²) in [4.78, 5) is 30.9. The van der Waals surface area contributed by atoms with E-state index >= 15 is 0 Å². The van der Waals surface area contributed by atoms with Gasteiger partial charge in [0.1, 0.15) is 0 Å². The number of likely N-dealkylation sites (tertiary alicyclic amines) is 1. The van der Waals surface area contributed by atoms with Crippen LogP contribution in [0.4, 0.5) is 0 Å². The van der Waals surface area contributed by atoms with Crippen LogP contribution in [0.2, 0.25) is 0 Å². The highest BCUT2D eigenvalue weighted by molar-refractivity contribution is 5.96. The van der Waals surface area contributed by atoms with Crippen molar-refractivity contribution in [2.24, 2.45) is 5.92 Å². The fourth-order valence-electron chi connectivity index (χ4n) is 5.35. The maximum Gasteiger partial charge on any atom is 0.257 e. The summed E-state index contributed by atoms with van der Waals surface area (Å²) in [5.74, 6) is 0.312. The van der Waals surface area contributed by atoms with Crippen LogP contribution >= 0.6 is 0 Å². The molecule has 6 nitrogen and oxygen atoms in total. The molecule has 0 aromatic heterocycles. The molecule has 2 amide bonds. The van der Waals surface area contributed by atoms with Gasteiger partial charge in [-0.05, 0) is 36.5 Å². The van der Waals surface area contributed by atoms with Crippen LogP contribution in [0.1, 0.15) is 34.7 Å². The lowest BCUT2D eigenvalue weighted by molar-refractivity contribution is -0.160. The van der Waals surface area contributed by atoms with Gasteiger partial charge in [0.2, 0.25) is 0 Å². The van der Waals surface area contributed by atoms with Gasteiger partial charge in [-0.1, -0.05) is 48.5 Å². The quantitative estimate of drug-likeness (QED) is 0.743. The summed E-state index contributed by atoms with van der Waals surface area (Å²) in [5, 5.41) is 0. The normalized spacial score (nSPS) is 26.6. The van der Waals surface area contributed by atoms with Gasteiger partial charge in [-0.2, -0.15) is 0 Å². The van der Waals surface area contributed by atoms with Crippen LogP contribution in [0.5, 0.6) is 0 Å². The predicted octanol–water partition coefficient (Wildman–Crippen LogP) is 2.95. The zero-order chi connectivity index (χ0) is 22.0. The summed E-state index contributed by atoms with van der Waals surface area (Å²) in [6, 6.07) is 19.4. The zero-order valence-electron chi connectivity index (χ0n) is 18.3. The largest absolute Gasteiger partial charge is 0.381 e. The van der Waals surface area contributed by atoms with Crippen LogP contribution in [-0.2, 0) is 14.3 Å². The molecule has 0 saturated carbocycles. The molecule has 0 bridgehead atoms. The molecule has 3 saturated heterocycles. The molecule has 2 aromatic carbocycles. The van der Waals surface area contributed by atoms with E-state index in [9.17, 15) is 9.59 Å². The van der Waals surface area contributed by atoms with Gasteiger partial charge in [0.05, 0.1) is 13.2 Å². The van der Waals surface area contributed by atoms with Crippen molar-refractivity contribution in [3.05, 3.63) is 71.8 Å². The average Bonchev–Trinajstić information content (AvgIpc) is 3.11. The molecule has 2 atom stereocenters. The van der Waals surface area contributed by atoms with Crippen LogP contribution in [0, 0.1) is 5.92 Å². The molecular weight excluding hydrogens is 404 g/mol. The highest BCUT2D eigenvalue weighted by atomic mass is 16.5. The summed E-state index contributed by atoms with van der Waals surface area (Å²) in [6.45, 7) is 3.99. The molecule has 6 heteroatoms. The maximum absolute atomic E-state index is 13.9. The Balaban J connectivity index is 1.44. The summed E-state index contributed by atoms with van der Waals surface area (Å²) in [6.07, 6.45) is 1.96. The second-order valence-corrected chi connectivity index (χ2v) is 9.06. The molecule has 3 heterocycles. The monoisotopic (exact) mass is 434 g/mol. The van der Waals surface area contributed by atoms with Crippen LogP contribution in [0.15, 0.2) is 60.7 Å². The number of morpholine rings is 1. The fourth-order valence-corrected chi connectivity index (χ4v) is 5.35. The molecule has 3 aliphatic rings. The maximum atomic E-state index is 13.9. The molecule has 2 aromatic rings. The Morgan fingerprint density at radius 2 is 1.66 bits per heavy atom. The van der Waals surface area contributed by atoms with E-state index in [1.165, 1.54) is 0 Å². The molecule has 0 radical (unpaired) electrons. The van der Waals surface area contributed by atoms with E-state index in [1.54, 1.807) is 4.90 Å². The molecule has 168 valence electrons. The Morgan fingerprint density at radius 1 is 0.969 bits per heavy atom. The smallest absolute Gasteiger partial charge is 0.257 e. The van der Waals surface area contributed by atoms with Crippen molar-refractivity contribution in [2.75, 3.05) is 46.0 Å². The number of rotatable bonds is 4. The lowest BCUT2D eigenvalue weighted by Gasteiger charge is -2.42. The van der Waals surface area contributed by atoms with Crippen molar-refractivity contribution in [2.45, 2.75) is 24.4 Å². The van der Waals surface area contributed by atoms with Crippen LogP contribution in [0.3, 0.4) is 0 Å². The first-order valence-corrected chi connectivity index (χ1v) is 11.6. The third-order valence-electron chi connectivity index (χ3n) is 7.09. The minimum atomic E-state index is -1.03. The lowest BCUT2D eigenvalue weighted by atomic mass is 9.83. The van der Waals surface area contributed by atoms with E-state index in [4.69, 9.17) is 9.47 Å². The number of carbonyl (C=O) groups is 2. The number of benzene rings is 2. The summed E-state index contributed by atoms with van der Waals surface area (Å²) in [7, 11) is 0. The van der Waals surface area contributed by atoms with Gasteiger partial charge < -0.3 is 19.3 Å². The topological polar surface area (TPSA) is 59.1 Å². The number of ether oxygens (including phenoxy) is 2. The Kier molecular flexibility index (Phi) is 5.98. The Hall–Kier alpha value is -2.70. The lowest BCUT2D eigenvalue weighted by Crippen LogP contribution is -2.59. The fraction of sp³-hybridized carbons (Fsp3) is 0.462. The number of carbonyl (C=O) groups excluding carboxylic acids is 2. The van der Waals surface area contributed by atoms with Gasteiger partial charge in [-0.25, -0.2) is 0 Å². The second-order valence-electron chi connectivity index (χ2n) is 9.06. The van der Waals surface area contributed by atoms with Gasteiger partial charge in [-0.3, -0.25) is 9.59 Å². The van der Waals surface area contributed by atoms with Crippen LogP contribution in [0.25, 0.3) is 0 Å². The molecule has 0 N–H and O–H groups in total. The van der Waals surface area contributed by atoms with Gasteiger partial charge in [0.15, 0.2) is 5.60 Å². The summed E-state index contributed by atoms with van der Waals surface area (Å²) >= 11 is 0. The Bertz CT molecular complexity index is 945. The first kappa shape index (κ1) is 21.2. The highest BCUT2D eigenvalue weighted by Gasteiger charge is 2.58. The standard InChI is InChI=1S/C26H30N2O4/c29-24(22-9-5-2-6-10-22)27-13-16-32-26(19-27)23(21-7-3-1-4-8-21)18-28(25(26)30)17-20-11-14-31-15-12-20/h1-10,20,23H,11-19H2. The predicted molar refractivity (Wildman–Crippen MR) is 120 cm³/mol. The van der Waals surface area contributed by atoms with Crippen molar-refractivity contribution >= 4 is 11.8 Å². The Morgan fingerprint density at radius 3 is 2.38 bits per heavy atom. The van der Waals surface area contributed by atoms with E-state index in [0.717, 1.165) is 38.2 Å². The first-order chi connectivity index (χ1) is 15.7. The van der Waals surface area contributed by atoms with Crippen LogP contribution in [-0.4, -0.2) is 73.2 Å². The second kappa shape index (κ2) is 9.04. The number of nitrogens with zero attached hydrogens (tertiary/aromatic N) is 2. The van der Waals surface area contributed by atoms with E-state index in [0.29, 0.717) is 31.2 Å². The van der Waals surface area contributed by atoms with Gasteiger partial charge in [0.25, 0.3) is 11.8 Å². The minimum Gasteiger partial charge on any atom is -0.381 e. The van der Waals surface area contributed by atoms with Gasteiger partial charge in [0, 0.05) is 44.3 Å². The number of hydrogen-bond acceptors (Lipinski definition) is 4. The minimum absolute atomic E-state index is 0.0170. The number of hydrogen-bond donors (Lipinski definition) is 0. The van der Waals surface area contributed by atoms with Gasteiger partial charge in [-0.15, -0.1) is 0 Å². The number of amides is 2. The Labute approximate surface area is 189 Å². The molecule has 3 aliphatic heterocycles. The zero-order valence-corrected chi connectivity index (χ0v) is 18.3.